The molecule has 1 amide bonds. The number of carbonyl (C=O) groups excluding carboxylic acids is 1. The first-order valence-corrected chi connectivity index (χ1v) is 13.9. The van der Waals surface area contributed by atoms with Crippen LogP contribution in [-0.2, 0) is 22.4 Å². The first-order valence-electron chi connectivity index (χ1n) is 13.6. The minimum absolute atomic E-state index is 0.135. The molecule has 4 N–H and O–H groups in total. The number of morpholine rings is 1. The van der Waals surface area contributed by atoms with Crippen molar-refractivity contribution < 1.29 is 14.3 Å². The average molecular weight is 539 g/mol. The second-order valence-electron chi connectivity index (χ2n) is 10.7. The van der Waals surface area contributed by atoms with Crippen molar-refractivity contribution in [2.45, 2.75) is 44.2 Å². The Bertz CT molecular complexity index is 1230. The highest BCUT2D eigenvalue weighted by Crippen LogP contribution is 2.45. The van der Waals surface area contributed by atoms with Crippen LogP contribution in [0.4, 0.5) is 17.5 Å². The highest BCUT2D eigenvalue weighted by molar-refractivity contribution is 6.32. The van der Waals surface area contributed by atoms with E-state index in [1.165, 1.54) is 11.1 Å². The van der Waals surface area contributed by atoms with E-state index in [1.54, 1.807) is 13.3 Å². The number of nitrogens with zero attached hydrogens (tertiary/aromatic N) is 3. The van der Waals surface area contributed by atoms with E-state index in [9.17, 15) is 4.79 Å². The van der Waals surface area contributed by atoms with E-state index in [4.69, 9.17) is 26.8 Å². The van der Waals surface area contributed by atoms with Gasteiger partial charge in [-0.15, -0.1) is 0 Å². The Morgan fingerprint density at radius 3 is 2.76 bits per heavy atom. The minimum Gasteiger partial charge on any atom is -0.494 e. The maximum atomic E-state index is 12.2. The average Bonchev–Trinajstić information content (AvgIpc) is 3.46. The van der Waals surface area contributed by atoms with E-state index < -0.39 is 0 Å². The zero-order valence-corrected chi connectivity index (χ0v) is 22.4. The lowest BCUT2D eigenvalue weighted by Crippen LogP contribution is -2.43. The topological polar surface area (TPSA) is 115 Å². The number of nitrogens with two attached hydrogens (primary N) is 1. The molecule has 2 aromatic rings. The number of rotatable bonds is 7. The molecule has 2 bridgehead atoms. The summed E-state index contributed by atoms with van der Waals surface area (Å²) >= 11 is 6.47. The molecule has 2 fully saturated rings. The van der Waals surface area contributed by atoms with Crippen molar-refractivity contribution in [2.75, 3.05) is 44.0 Å². The number of benzene rings is 1. The Morgan fingerprint density at radius 2 is 1.97 bits per heavy atom. The molecule has 38 heavy (non-hydrogen) atoms. The Balaban J connectivity index is 1.21. The highest BCUT2D eigenvalue weighted by Gasteiger charge is 2.47. The third kappa shape index (κ3) is 4.83. The van der Waals surface area contributed by atoms with Crippen LogP contribution in [0.25, 0.3) is 0 Å². The second kappa shape index (κ2) is 10.7. The monoisotopic (exact) mass is 538 g/mol. The lowest BCUT2D eigenvalue weighted by Gasteiger charge is -2.34. The van der Waals surface area contributed by atoms with Crippen LogP contribution >= 0.6 is 11.6 Å². The molecule has 1 aromatic carbocycles. The number of aromatic nitrogens is 2. The van der Waals surface area contributed by atoms with Gasteiger partial charge in [0.25, 0.3) is 0 Å². The molecule has 1 saturated carbocycles. The molecule has 5 atom stereocenters. The van der Waals surface area contributed by atoms with Crippen molar-refractivity contribution >= 4 is 35.0 Å². The Labute approximate surface area is 228 Å². The second-order valence-corrected chi connectivity index (χ2v) is 11.1. The highest BCUT2D eigenvalue weighted by atomic mass is 35.5. The van der Waals surface area contributed by atoms with Gasteiger partial charge in [-0.25, -0.2) is 4.98 Å². The summed E-state index contributed by atoms with van der Waals surface area (Å²) in [7, 11) is 1.72. The molecule has 9 nitrogen and oxygen atoms in total. The number of carbonyl (C=O) groups is 1. The molecule has 10 heteroatoms. The summed E-state index contributed by atoms with van der Waals surface area (Å²) in [4.78, 5) is 23.8. The Morgan fingerprint density at radius 1 is 1.18 bits per heavy atom. The van der Waals surface area contributed by atoms with Gasteiger partial charge in [-0.2, -0.15) is 4.98 Å². The number of anilines is 3. The summed E-state index contributed by atoms with van der Waals surface area (Å²) in [5, 5.41) is 7.15. The van der Waals surface area contributed by atoms with Crippen molar-refractivity contribution in [3.05, 3.63) is 46.6 Å². The summed E-state index contributed by atoms with van der Waals surface area (Å²) in [6, 6.07) is 4.66. The quantitative estimate of drug-likeness (QED) is 0.362. The van der Waals surface area contributed by atoms with Crippen LogP contribution in [-0.4, -0.2) is 66.3 Å². The number of primary amides is 1. The summed E-state index contributed by atoms with van der Waals surface area (Å²) in [6.07, 6.45) is 11.0. The fourth-order valence-corrected chi connectivity index (χ4v) is 6.95. The van der Waals surface area contributed by atoms with Gasteiger partial charge in [-0.3, -0.25) is 9.69 Å². The predicted octanol–water partition coefficient (Wildman–Crippen LogP) is 3.55. The third-order valence-corrected chi connectivity index (χ3v) is 8.96. The van der Waals surface area contributed by atoms with Crippen molar-refractivity contribution in [1.82, 2.24) is 14.9 Å². The summed E-state index contributed by atoms with van der Waals surface area (Å²) in [5.41, 5.74) is 9.14. The van der Waals surface area contributed by atoms with Crippen LogP contribution < -0.4 is 21.1 Å². The van der Waals surface area contributed by atoms with Crippen molar-refractivity contribution in [3.8, 4) is 5.75 Å². The molecule has 1 aromatic heterocycles. The van der Waals surface area contributed by atoms with Gasteiger partial charge in [-0.05, 0) is 61.1 Å². The molecule has 0 spiro atoms. The smallest absolute Gasteiger partial charge is 0.229 e. The van der Waals surface area contributed by atoms with Crippen LogP contribution in [0, 0.1) is 17.8 Å². The molecular weight excluding hydrogens is 504 g/mol. The van der Waals surface area contributed by atoms with E-state index in [1.807, 2.05) is 6.07 Å². The van der Waals surface area contributed by atoms with Crippen LogP contribution in [0.1, 0.15) is 30.4 Å². The van der Waals surface area contributed by atoms with Crippen molar-refractivity contribution in [1.29, 1.82) is 0 Å². The summed E-state index contributed by atoms with van der Waals surface area (Å²) in [6.45, 7) is 3.66. The molecule has 6 rings (SSSR count). The number of allylic oxidation sites excluding steroid dienone is 1. The molecule has 3 aliphatic carbocycles. The zero-order chi connectivity index (χ0) is 26.2. The van der Waals surface area contributed by atoms with Crippen LogP contribution in [0.15, 0.2) is 30.5 Å². The lowest BCUT2D eigenvalue weighted by molar-refractivity contribution is -0.122. The summed E-state index contributed by atoms with van der Waals surface area (Å²) < 4.78 is 11.5. The number of fused-ring (bicyclic) bond motifs is 3. The van der Waals surface area contributed by atoms with Gasteiger partial charge in [0.1, 0.15) is 10.8 Å². The van der Waals surface area contributed by atoms with Crippen molar-refractivity contribution in [2.24, 2.45) is 23.5 Å². The van der Waals surface area contributed by atoms with E-state index in [0.717, 1.165) is 69.8 Å². The van der Waals surface area contributed by atoms with Gasteiger partial charge in [0.05, 0.1) is 38.1 Å². The molecule has 1 aliphatic heterocycles. The Kier molecular flexibility index (Phi) is 7.16. The molecule has 0 unspecified atom stereocenters. The van der Waals surface area contributed by atoms with Gasteiger partial charge in [0, 0.05) is 25.2 Å². The molecule has 2 heterocycles. The number of aryl methyl sites for hydroxylation is 1. The number of hydrogen-bond donors (Lipinski definition) is 3. The van der Waals surface area contributed by atoms with Gasteiger partial charge in [-0.1, -0.05) is 29.8 Å². The minimum atomic E-state index is -0.298. The zero-order valence-electron chi connectivity index (χ0n) is 21.7. The number of halogens is 1. The number of ether oxygens (including phenoxy) is 2. The molecule has 202 valence electrons. The maximum absolute atomic E-state index is 12.2. The van der Waals surface area contributed by atoms with Gasteiger partial charge < -0.3 is 25.8 Å². The first kappa shape index (κ1) is 25.4. The van der Waals surface area contributed by atoms with E-state index in [-0.39, 0.29) is 29.7 Å². The van der Waals surface area contributed by atoms with Crippen LogP contribution in [0.2, 0.25) is 5.02 Å². The number of amides is 1. The molecule has 4 aliphatic rings. The third-order valence-electron chi connectivity index (χ3n) is 8.68. The number of nitrogens with one attached hydrogen (secondary N) is 2. The molecule has 1 saturated heterocycles. The lowest BCUT2D eigenvalue weighted by atomic mass is 9.88. The van der Waals surface area contributed by atoms with E-state index in [2.05, 4.69) is 43.7 Å². The van der Waals surface area contributed by atoms with E-state index in [0.29, 0.717) is 22.8 Å². The number of hydrogen-bond acceptors (Lipinski definition) is 8. The normalized spacial score (nSPS) is 28.5. The number of methoxy groups -OCH3 is 1. The first-order chi connectivity index (χ1) is 18.5. The molecule has 0 radical (unpaired) electrons. The van der Waals surface area contributed by atoms with Crippen LogP contribution in [0.5, 0.6) is 5.75 Å². The van der Waals surface area contributed by atoms with Gasteiger partial charge in [0.2, 0.25) is 11.9 Å². The van der Waals surface area contributed by atoms with Gasteiger partial charge >= 0.3 is 0 Å². The fraction of sp³-hybridized carbons (Fsp3) is 0.536. The van der Waals surface area contributed by atoms with Gasteiger partial charge in [0.15, 0.2) is 5.82 Å². The Hall–Kier alpha value is -2.88. The van der Waals surface area contributed by atoms with E-state index >= 15 is 0 Å². The predicted molar refractivity (Wildman–Crippen MR) is 147 cm³/mol. The van der Waals surface area contributed by atoms with Crippen LogP contribution in [0.3, 0.4) is 0 Å². The SMILES string of the molecule is COc1c(Nc2ncc(Cl)c(N[C@H]3[C@H](C(N)=O)[C@@H]4C=C[C@H]3C4)n2)ccc2c1CC[C@@H](N1CCOCC1)CC2. The summed E-state index contributed by atoms with van der Waals surface area (Å²) in [5.74, 6) is 1.55. The standard InChI is InChI=1S/C28H35ClN6O3/c1-37-25-20-8-7-19(35-10-12-38-13-11-35)6-4-16(20)5-9-22(25)32-28-31-15-21(29)27(34-28)33-24-18-3-2-17(14-18)23(24)26(30)36/h2-3,5,9,15,17-19,23-24H,4,6-8,10-14H2,1H3,(H2,30,36)(H2,31,32,33,34)/t17-,18+,19+,23-,24-/m1/s1. The largest absolute Gasteiger partial charge is 0.494 e. The van der Waals surface area contributed by atoms with Crippen molar-refractivity contribution in [3.63, 3.8) is 0 Å². The molecular formula is C28H35ClN6O3. The fourth-order valence-electron chi connectivity index (χ4n) is 6.81. The maximum Gasteiger partial charge on any atom is 0.229 e.